The molecule has 1 N–H and O–H groups in total. The largest absolute Gasteiger partial charge is 0.367 e. The van der Waals surface area contributed by atoms with Gasteiger partial charge in [0, 0.05) is 6.61 Å². The number of aromatic nitrogens is 2. The molecule has 1 unspecified atom stereocenters. The summed E-state index contributed by atoms with van der Waals surface area (Å²) in [5.41, 5.74) is -0.322. The van der Waals surface area contributed by atoms with E-state index in [0.29, 0.717) is 6.61 Å². The van der Waals surface area contributed by atoms with Crippen LogP contribution in [-0.4, -0.2) is 23.3 Å². The minimum atomic E-state index is -0.322. The molecule has 21 heavy (non-hydrogen) atoms. The zero-order chi connectivity index (χ0) is 14.7. The highest BCUT2D eigenvalue weighted by atomic mass is 16.5. The highest BCUT2D eigenvalue weighted by molar-refractivity contribution is 5.06. The second-order valence-corrected chi connectivity index (χ2v) is 6.57. The molecule has 1 aliphatic carbocycles. The van der Waals surface area contributed by atoms with Crippen LogP contribution in [0.25, 0.3) is 0 Å². The van der Waals surface area contributed by atoms with Gasteiger partial charge in [-0.3, -0.25) is 0 Å². The van der Waals surface area contributed by atoms with Crippen molar-refractivity contribution >= 4 is 0 Å². The average molecular weight is 293 g/mol. The summed E-state index contributed by atoms with van der Waals surface area (Å²) >= 11 is 0. The quantitative estimate of drug-likeness (QED) is 0.922. The first-order valence-corrected chi connectivity index (χ1v) is 8.45. The first-order chi connectivity index (χ1) is 10.2. The minimum Gasteiger partial charge on any atom is -0.367 e. The van der Waals surface area contributed by atoms with E-state index in [1.807, 2.05) is 6.92 Å². The predicted octanol–water partition coefficient (Wildman–Crippen LogP) is 3.33. The molecule has 0 spiro atoms. The summed E-state index contributed by atoms with van der Waals surface area (Å²) in [6, 6.07) is 0.223. The summed E-state index contributed by atoms with van der Waals surface area (Å²) in [7, 11) is 0. The Morgan fingerprint density at radius 1 is 1.29 bits per heavy atom. The molecule has 3 rings (SSSR count). The molecule has 5 heteroatoms. The Labute approximate surface area is 126 Å². The standard InChI is InChI=1S/C16H27N3O2/c1-3-20-16(9-7-12(2)8-10-16)15-18-14(21-19-15)13-6-4-5-11-17-13/h12-13,17H,3-11H2,1-2H3. The third-order valence-corrected chi connectivity index (χ3v) is 4.96. The van der Waals surface area contributed by atoms with E-state index in [0.717, 1.165) is 43.4 Å². The van der Waals surface area contributed by atoms with E-state index in [2.05, 4.69) is 17.4 Å². The molecule has 2 aliphatic rings. The van der Waals surface area contributed by atoms with Crippen molar-refractivity contribution in [1.29, 1.82) is 0 Å². The summed E-state index contributed by atoms with van der Waals surface area (Å²) in [5, 5.41) is 7.75. The average Bonchev–Trinajstić information content (AvgIpc) is 3.01. The van der Waals surface area contributed by atoms with E-state index in [1.54, 1.807) is 0 Å². The van der Waals surface area contributed by atoms with Crippen molar-refractivity contribution in [3.05, 3.63) is 11.7 Å². The minimum absolute atomic E-state index is 0.223. The van der Waals surface area contributed by atoms with Gasteiger partial charge in [0.15, 0.2) is 0 Å². The molecule has 1 aromatic heterocycles. The summed E-state index contributed by atoms with van der Waals surface area (Å²) in [5.74, 6) is 2.27. The number of ether oxygens (including phenoxy) is 1. The Morgan fingerprint density at radius 3 is 2.76 bits per heavy atom. The Balaban J connectivity index is 1.78. The second kappa shape index (κ2) is 6.44. The fourth-order valence-electron chi connectivity index (χ4n) is 3.56. The normalized spacial score (nSPS) is 34.0. The van der Waals surface area contributed by atoms with E-state index >= 15 is 0 Å². The third-order valence-electron chi connectivity index (χ3n) is 4.96. The fourth-order valence-corrected chi connectivity index (χ4v) is 3.56. The zero-order valence-electron chi connectivity index (χ0n) is 13.2. The Hall–Kier alpha value is -0.940. The molecule has 1 aliphatic heterocycles. The lowest BCUT2D eigenvalue weighted by molar-refractivity contribution is -0.0847. The monoisotopic (exact) mass is 293 g/mol. The molecule has 2 fully saturated rings. The van der Waals surface area contributed by atoms with Crippen molar-refractivity contribution in [1.82, 2.24) is 15.5 Å². The highest BCUT2D eigenvalue weighted by Crippen LogP contribution is 2.41. The van der Waals surface area contributed by atoms with E-state index in [-0.39, 0.29) is 11.6 Å². The number of rotatable bonds is 4. The molecule has 5 nitrogen and oxygen atoms in total. The van der Waals surface area contributed by atoms with Crippen LogP contribution in [0.1, 0.15) is 76.6 Å². The lowest BCUT2D eigenvalue weighted by atomic mass is 9.79. The van der Waals surface area contributed by atoms with Gasteiger partial charge in [-0.25, -0.2) is 0 Å². The third kappa shape index (κ3) is 3.14. The van der Waals surface area contributed by atoms with Gasteiger partial charge in [0.25, 0.3) is 0 Å². The number of hydrogen-bond donors (Lipinski definition) is 1. The molecule has 2 heterocycles. The van der Waals surface area contributed by atoms with Gasteiger partial charge in [0.05, 0.1) is 6.04 Å². The lowest BCUT2D eigenvalue weighted by Gasteiger charge is -2.36. The molecule has 1 saturated heterocycles. The van der Waals surface area contributed by atoms with Crippen molar-refractivity contribution in [2.24, 2.45) is 5.92 Å². The van der Waals surface area contributed by atoms with Gasteiger partial charge in [-0.05, 0) is 57.9 Å². The Morgan fingerprint density at radius 2 is 2.10 bits per heavy atom. The van der Waals surface area contributed by atoms with Crippen molar-refractivity contribution in [2.45, 2.75) is 70.4 Å². The summed E-state index contributed by atoms with van der Waals surface area (Å²) in [4.78, 5) is 4.71. The first-order valence-electron chi connectivity index (χ1n) is 8.45. The van der Waals surface area contributed by atoms with Crippen LogP contribution in [0.4, 0.5) is 0 Å². The molecular formula is C16H27N3O2. The van der Waals surface area contributed by atoms with Crippen LogP contribution < -0.4 is 5.32 Å². The van der Waals surface area contributed by atoms with Crippen LogP contribution in [0.2, 0.25) is 0 Å². The van der Waals surface area contributed by atoms with E-state index in [4.69, 9.17) is 14.2 Å². The number of nitrogens with zero attached hydrogens (tertiary/aromatic N) is 2. The zero-order valence-corrected chi connectivity index (χ0v) is 13.2. The molecule has 1 aromatic rings. The molecule has 0 aromatic carbocycles. The van der Waals surface area contributed by atoms with Crippen LogP contribution >= 0.6 is 0 Å². The second-order valence-electron chi connectivity index (χ2n) is 6.57. The van der Waals surface area contributed by atoms with Gasteiger partial charge in [0.1, 0.15) is 5.60 Å². The number of nitrogens with one attached hydrogen (secondary N) is 1. The molecule has 0 bridgehead atoms. The Kier molecular flexibility index (Phi) is 4.60. The maximum atomic E-state index is 6.10. The molecule has 118 valence electrons. The highest BCUT2D eigenvalue weighted by Gasteiger charge is 2.41. The smallest absolute Gasteiger partial charge is 0.243 e. The SMILES string of the molecule is CCOC1(c2noc(C3CCCCN3)n2)CCC(C)CC1. The van der Waals surface area contributed by atoms with E-state index < -0.39 is 0 Å². The molecule has 1 atom stereocenters. The summed E-state index contributed by atoms with van der Waals surface area (Å²) in [6.07, 6.45) is 7.89. The van der Waals surface area contributed by atoms with Crippen LogP contribution in [-0.2, 0) is 10.3 Å². The van der Waals surface area contributed by atoms with Crippen LogP contribution in [0.15, 0.2) is 4.52 Å². The van der Waals surface area contributed by atoms with Gasteiger partial charge in [0.2, 0.25) is 11.7 Å². The van der Waals surface area contributed by atoms with Gasteiger partial charge < -0.3 is 14.6 Å². The number of hydrogen-bond acceptors (Lipinski definition) is 5. The van der Waals surface area contributed by atoms with Gasteiger partial charge in [-0.1, -0.05) is 18.5 Å². The lowest BCUT2D eigenvalue weighted by Crippen LogP contribution is -2.35. The topological polar surface area (TPSA) is 60.2 Å². The maximum Gasteiger partial charge on any atom is 0.243 e. The van der Waals surface area contributed by atoms with Crippen LogP contribution in [0.3, 0.4) is 0 Å². The van der Waals surface area contributed by atoms with Crippen molar-refractivity contribution in [2.75, 3.05) is 13.2 Å². The molecular weight excluding hydrogens is 266 g/mol. The van der Waals surface area contributed by atoms with Crippen molar-refractivity contribution in [3.8, 4) is 0 Å². The van der Waals surface area contributed by atoms with E-state index in [1.165, 1.54) is 25.7 Å². The van der Waals surface area contributed by atoms with E-state index in [9.17, 15) is 0 Å². The van der Waals surface area contributed by atoms with Crippen LogP contribution in [0, 0.1) is 5.92 Å². The Bertz CT molecular complexity index is 446. The van der Waals surface area contributed by atoms with Gasteiger partial charge >= 0.3 is 0 Å². The predicted molar refractivity (Wildman–Crippen MR) is 79.8 cm³/mol. The van der Waals surface area contributed by atoms with Gasteiger partial charge in [-0.15, -0.1) is 0 Å². The fraction of sp³-hybridized carbons (Fsp3) is 0.875. The van der Waals surface area contributed by atoms with Crippen LogP contribution in [0.5, 0.6) is 0 Å². The van der Waals surface area contributed by atoms with Gasteiger partial charge in [-0.2, -0.15) is 4.98 Å². The molecule has 0 radical (unpaired) electrons. The van der Waals surface area contributed by atoms with Crippen molar-refractivity contribution in [3.63, 3.8) is 0 Å². The molecule has 1 saturated carbocycles. The molecule has 0 amide bonds. The summed E-state index contributed by atoms with van der Waals surface area (Å²) < 4.78 is 11.7. The summed E-state index contributed by atoms with van der Waals surface area (Å²) in [6.45, 7) is 6.09. The van der Waals surface area contributed by atoms with Crippen molar-refractivity contribution < 1.29 is 9.26 Å². The maximum absolute atomic E-state index is 6.10. The number of piperidine rings is 1. The first kappa shape index (κ1) is 15.0.